The van der Waals surface area contributed by atoms with Gasteiger partial charge in [-0.1, -0.05) is 17.7 Å². The Bertz CT molecular complexity index is 1220. The van der Waals surface area contributed by atoms with E-state index in [1.54, 1.807) is 19.2 Å². The molecule has 8 heteroatoms. The van der Waals surface area contributed by atoms with Crippen LogP contribution in [0.25, 0.3) is 21.5 Å². The standard InChI is InChI=1S/C22H21ClN4O2S/c1-12(14-4-7-18-15(10-14)8-9-24-18)26-27-21(28)20-13(2)25-22(30-20)17-6-5-16(23)11-19(17)29-3/h4-12,24,26H,1-3H3,(H,27,28). The highest BCUT2D eigenvalue weighted by Gasteiger charge is 2.19. The van der Waals surface area contributed by atoms with E-state index >= 15 is 0 Å². The summed E-state index contributed by atoms with van der Waals surface area (Å²) in [6, 6.07) is 13.5. The lowest BCUT2D eigenvalue weighted by Crippen LogP contribution is -2.38. The molecule has 0 spiro atoms. The van der Waals surface area contributed by atoms with Crippen molar-refractivity contribution in [2.24, 2.45) is 0 Å². The number of hydrazine groups is 1. The zero-order valence-electron chi connectivity index (χ0n) is 16.7. The van der Waals surface area contributed by atoms with E-state index in [2.05, 4.69) is 26.9 Å². The second-order valence-electron chi connectivity index (χ2n) is 6.92. The number of ether oxygens (including phenoxy) is 1. The third kappa shape index (κ3) is 4.05. The number of nitrogens with zero attached hydrogens (tertiary/aromatic N) is 1. The van der Waals surface area contributed by atoms with Crippen LogP contribution in [0.4, 0.5) is 0 Å². The molecular weight excluding hydrogens is 420 g/mol. The number of H-pyrrole nitrogens is 1. The van der Waals surface area contributed by atoms with Crippen LogP contribution in [0.3, 0.4) is 0 Å². The van der Waals surface area contributed by atoms with Crippen LogP contribution in [-0.2, 0) is 0 Å². The largest absolute Gasteiger partial charge is 0.496 e. The molecule has 4 aromatic rings. The van der Waals surface area contributed by atoms with E-state index in [-0.39, 0.29) is 11.9 Å². The first-order valence-corrected chi connectivity index (χ1v) is 10.6. The summed E-state index contributed by atoms with van der Waals surface area (Å²) in [4.78, 5) is 21.0. The third-order valence-corrected chi connectivity index (χ3v) is 6.30. The maximum absolute atomic E-state index is 12.8. The zero-order valence-corrected chi connectivity index (χ0v) is 18.3. The van der Waals surface area contributed by atoms with Gasteiger partial charge in [0.15, 0.2) is 0 Å². The number of aromatic amines is 1. The van der Waals surface area contributed by atoms with Crippen LogP contribution in [0, 0.1) is 6.92 Å². The lowest BCUT2D eigenvalue weighted by Gasteiger charge is -2.15. The monoisotopic (exact) mass is 440 g/mol. The minimum atomic E-state index is -0.223. The van der Waals surface area contributed by atoms with Gasteiger partial charge in [-0.25, -0.2) is 10.4 Å². The lowest BCUT2D eigenvalue weighted by molar-refractivity contribution is 0.0929. The minimum absolute atomic E-state index is 0.0580. The van der Waals surface area contributed by atoms with E-state index in [9.17, 15) is 4.79 Å². The van der Waals surface area contributed by atoms with Crippen molar-refractivity contribution in [1.29, 1.82) is 0 Å². The lowest BCUT2D eigenvalue weighted by atomic mass is 10.1. The van der Waals surface area contributed by atoms with E-state index in [1.165, 1.54) is 11.3 Å². The van der Waals surface area contributed by atoms with Crippen LogP contribution in [0.2, 0.25) is 5.02 Å². The van der Waals surface area contributed by atoms with E-state index in [4.69, 9.17) is 16.3 Å². The number of aryl methyl sites for hydroxylation is 1. The zero-order chi connectivity index (χ0) is 21.3. The fraction of sp³-hybridized carbons (Fsp3) is 0.182. The first kappa shape index (κ1) is 20.4. The van der Waals surface area contributed by atoms with Gasteiger partial charge < -0.3 is 9.72 Å². The summed E-state index contributed by atoms with van der Waals surface area (Å²) in [6.45, 7) is 3.82. The minimum Gasteiger partial charge on any atom is -0.496 e. The van der Waals surface area contributed by atoms with Gasteiger partial charge in [0.05, 0.1) is 18.4 Å². The Morgan fingerprint density at radius 2 is 2.07 bits per heavy atom. The average molecular weight is 441 g/mol. The van der Waals surface area contributed by atoms with Crippen molar-refractivity contribution in [3.05, 3.63) is 69.8 Å². The third-order valence-electron chi connectivity index (χ3n) is 4.88. The molecule has 4 rings (SSSR count). The molecule has 30 heavy (non-hydrogen) atoms. The van der Waals surface area contributed by atoms with Gasteiger partial charge in [0, 0.05) is 22.8 Å². The van der Waals surface area contributed by atoms with Gasteiger partial charge in [0.1, 0.15) is 15.6 Å². The molecule has 0 aliphatic rings. The predicted octanol–water partition coefficient (Wildman–Crippen LogP) is 5.26. The number of benzene rings is 2. The van der Waals surface area contributed by atoms with Gasteiger partial charge >= 0.3 is 0 Å². The second kappa shape index (κ2) is 8.47. The fourth-order valence-electron chi connectivity index (χ4n) is 3.22. The molecule has 2 aromatic carbocycles. The van der Waals surface area contributed by atoms with Gasteiger partial charge in [0.25, 0.3) is 5.91 Å². The Labute approximate surface area is 183 Å². The maximum Gasteiger partial charge on any atom is 0.277 e. The summed E-state index contributed by atoms with van der Waals surface area (Å²) in [6.07, 6.45) is 1.91. The molecule has 2 aromatic heterocycles. The quantitative estimate of drug-likeness (QED) is 0.357. The summed E-state index contributed by atoms with van der Waals surface area (Å²) in [5.74, 6) is 0.397. The Morgan fingerprint density at radius 1 is 1.23 bits per heavy atom. The number of hydrogen-bond acceptors (Lipinski definition) is 5. The summed E-state index contributed by atoms with van der Waals surface area (Å²) >= 11 is 7.36. The highest BCUT2D eigenvalue weighted by Crippen LogP contribution is 2.36. The van der Waals surface area contributed by atoms with Crippen LogP contribution in [0.1, 0.15) is 33.9 Å². The van der Waals surface area contributed by atoms with Crippen molar-refractivity contribution in [3.8, 4) is 16.3 Å². The molecule has 3 N–H and O–H groups in total. The summed E-state index contributed by atoms with van der Waals surface area (Å²) < 4.78 is 5.41. The summed E-state index contributed by atoms with van der Waals surface area (Å²) in [7, 11) is 1.58. The van der Waals surface area contributed by atoms with E-state index in [0.29, 0.717) is 26.4 Å². The number of carbonyl (C=O) groups is 1. The Kier molecular flexibility index (Phi) is 5.76. The fourth-order valence-corrected chi connectivity index (χ4v) is 4.37. The Morgan fingerprint density at radius 3 is 2.87 bits per heavy atom. The van der Waals surface area contributed by atoms with Crippen molar-refractivity contribution in [3.63, 3.8) is 0 Å². The molecule has 1 amide bonds. The van der Waals surface area contributed by atoms with Crippen molar-refractivity contribution in [1.82, 2.24) is 20.8 Å². The topological polar surface area (TPSA) is 79.0 Å². The number of nitrogens with one attached hydrogen (secondary N) is 3. The highest BCUT2D eigenvalue weighted by atomic mass is 35.5. The number of methoxy groups -OCH3 is 1. The van der Waals surface area contributed by atoms with Crippen molar-refractivity contribution >= 4 is 39.7 Å². The molecular formula is C22H21ClN4O2S. The van der Waals surface area contributed by atoms with Crippen LogP contribution in [0.5, 0.6) is 5.75 Å². The predicted molar refractivity (Wildman–Crippen MR) is 121 cm³/mol. The molecule has 0 saturated heterocycles. The molecule has 0 fully saturated rings. The van der Waals surface area contributed by atoms with Crippen LogP contribution >= 0.6 is 22.9 Å². The normalized spacial score (nSPS) is 12.1. The van der Waals surface area contributed by atoms with Gasteiger partial charge in [-0.2, -0.15) is 0 Å². The molecule has 154 valence electrons. The van der Waals surface area contributed by atoms with Crippen LogP contribution in [-0.4, -0.2) is 23.0 Å². The number of thiazole rings is 1. The number of fused-ring (bicyclic) bond motifs is 1. The van der Waals surface area contributed by atoms with Crippen LogP contribution < -0.4 is 15.6 Å². The number of hydrogen-bond donors (Lipinski definition) is 3. The molecule has 6 nitrogen and oxygen atoms in total. The number of rotatable bonds is 6. The molecule has 2 heterocycles. The maximum atomic E-state index is 12.8. The van der Waals surface area contributed by atoms with Gasteiger partial charge in [-0.05, 0) is 61.2 Å². The van der Waals surface area contributed by atoms with Crippen molar-refractivity contribution < 1.29 is 9.53 Å². The molecule has 0 saturated carbocycles. The molecule has 1 atom stereocenters. The van der Waals surface area contributed by atoms with E-state index in [1.807, 2.05) is 44.3 Å². The SMILES string of the molecule is COc1cc(Cl)ccc1-c1nc(C)c(C(=O)NNC(C)c2ccc3[nH]ccc3c2)s1. The van der Waals surface area contributed by atoms with Gasteiger partial charge in [-0.3, -0.25) is 10.2 Å². The van der Waals surface area contributed by atoms with Gasteiger partial charge in [0.2, 0.25) is 0 Å². The first-order chi connectivity index (χ1) is 14.5. The highest BCUT2D eigenvalue weighted by molar-refractivity contribution is 7.17. The van der Waals surface area contributed by atoms with E-state index in [0.717, 1.165) is 22.0 Å². The van der Waals surface area contributed by atoms with Crippen molar-refractivity contribution in [2.75, 3.05) is 7.11 Å². The number of amides is 1. The van der Waals surface area contributed by atoms with Gasteiger partial charge in [-0.15, -0.1) is 11.3 Å². The Balaban J connectivity index is 1.48. The van der Waals surface area contributed by atoms with Crippen molar-refractivity contribution in [2.45, 2.75) is 19.9 Å². The average Bonchev–Trinajstić information content (AvgIpc) is 3.37. The Hall–Kier alpha value is -2.87. The van der Waals surface area contributed by atoms with Crippen LogP contribution in [0.15, 0.2) is 48.7 Å². The number of carbonyl (C=O) groups excluding carboxylic acids is 1. The summed E-state index contributed by atoms with van der Waals surface area (Å²) in [5.41, 5.74) is 9.51. The molecule has 1 unspecified atom stereocenters. The second-order valence-corrected chi connectivity index (χ2v) is 8.36. The first-order valence-electron chi connectivity index (χ1n) is 9.40. The van der Waals surface area contributed by atoms with E-state index < -0.39 is 0 Å². The molecule has 0 aliphatic heterocycles. The number of aromatic nitrogens is 2. The molecule has 0 aliphatic carbocycles. The molecule has 0 bridgehead atoms. The summed E-state index contributed by atoms with van der Waals surface area (Å²) in [5, 5.41) is 2.42. The molecule has 0 radical (unpaired) electrons. The number of halogens is 1. The smallest absolute Gasteiger partial charge is 0.277 e.